The summed E-state index contributed by atoms with van der Waals surface area (Å²) in [6.45, 7) is 0.214. The van der Waals surface area contributed by atoms with Gasteiger partial charge in [0.2, 0.25) is 5.75 Å². The maximum atomic E-state index is 13.4. The number of hydrogen-bond donors (Lipinski definition) is 0. The van der Waals surface area contributed by atoms with Crippen LogP contribution < -0.4 is 9.47 Å². The first-order chi connectivity index (χ1) is 8.02. The molecule has 2 aliphatic rings. The van der Waals surface area contributed by atoms with E-state index in [2.05, 4.69) is 0 Å². The van der Waals surface area contributed by atoms with Gasteiger partial charge in [-0.3, -0.25) is 10.1 Å². The monoisotopic (exact) mass is 226 g/mol. The van der Waals surface area contributed by atoms with Gasteiger partial charge in [0.05, 0.1) is 12.3 Å². The lowest BCUT2D eigenvalue weighted by molar-refractivity contribution is -0.386. The van der Waals surface area contributed by atoms with Crippen LogP contribution in [-0.2, 0) is 0 Å². The zero-order chi connectivity index (χ0) is 12.2. The van der Waals surface area contributed by atoms with Gasteiger partial charge in [0, 0.05) is 6.07 Å². The van der Waals surface area contributed by atoms with E-state index < -0.39 is 28.1 Å². The number of nitrogens with zero attached hydrogens (tertiary/aromatic N) is 1. The van der Waals surface area contributed by atoms with Crippen molar-refractivity contribution in [3.8, 4) is 11.5 Å². The minimum Gasteiger partial charge on any atom is -0.480 e. The average molecular weight is 226 g/mol. The Labute approximate surface area is 91.3 Å². The molecule has 1 spiro atoms. The maximum Gasteiger partial charge on any atom is 0.317 e. The summed E-state index contributed by atoms with van der Waals surface area (Å²) in [4.78, 5) is 9.99. The van der Waals surface area contributed by atoms with Crippen LogP contribution in [0.1, 0.15) is 14.2 Å². The Kier molecular flexibility index (Phi) is 1.48. The quantitative estimate of drug-likeness (QED) is 0.543. The van der Waals surface area contributed by atoms with Crippen LogP contribution in [0.2, 0.25) is 0 Å². The summed E-state index contributed by atoms with van der Waals surface area (Å²) < 4.78 is 31.5. The molecule has 1 aromatic rings. The van der Waals surface area contributed by atoms with Crippen molar-refractivity contribution in [1.82, 2.24) is 0 Å². The molecule has 0 unspecified atom stereocenters. The van der Waals surface area contributed by atoms with Gasteiger partial charge in [-0.2, -0.15) is 0 Å². The lowest BCUT2D eigenvalue weighted by Gasteiger charge is -2.25. The van der Waals surface area contributed by atoms with Gasteiger partial charge >= 0.3 is 5.69 Å². The molecule has 0 saturated heterocycles. The van der Waals surface area contributed by atoms with Crippen LogP contribution in [0.3, 0.4) is 0 Å². The maximum absolute atomic E-state index is 13.4. The molecule has 0 atom stereocenters. The summed E-state index contributed by atoms with van der Waals surface area (Å²) >= 11 is 0. The number of benzene rings is 1. The molecule has 0 bridgehead atoms. The Bertz CT molecular complexity index is 530. The van der Waals surface area contributed by atoms with E-state index in [1.165, 1.54) is 0 Å². The van der Waals surface area contributed by atoms with Gasteiger partial charge in [-0.1, -0.05) is 0 Å². The first-order valence-corrected chi connectivity index (χ1v) is 4.82. The molecule has 1 aromatic carbocycles. The van der Waals surface area contributed by atoms with Gasteiger partial charge < -0.3 is 9.47 Å². The molecule has 1 aliphatic carbocycles. The molecule has 5 nitrogen and oxygen atoms in total. The molecular weight excluding hydrogens is 217 g/mol. The van der Waals surface area contributed by atoms with Gasteiger partial charge in [0.25, 0.3) is 0 Å². The van der Waals surface area contributed by atoms with Crippen LogP contribution >= 0.6 is 0 Å². The van der Waals surface area contributed by atoms with Crippen molar-refractivity contribution in [2.75, 3.05) is 6.61 Å². The van der Waals surface area contributed by atoms with E-state index in [0.29, 0.717) is 0 Å². The molecule has 1 aliphatic heterocycles. The van der Waals surface area contributed by atoms with Crippen LogP contribution in [-0.4, -0.2) is 17.1 Å². The molecule has 1 saturated carbocycles. The van der Waals surface area contributed by atoms with Gasteiger partial charge in [0.1, 0.15) is 18.0 Å². The SMILES string of the molecule is [2H]c1c(F)cc2c(c1[N+](=O)[O-])OCC1(CC1)O2. The normalized spacial score (nSPS) is 20.4. The van der Waals surface area contributed by atoms with Crippen molar-refractivity contribution < 1.29 is 20.2 Å². The second-order valence-electron chi connectivity index (χ2n) is 3.99. The number of ether oxygens (including phenoxy) is 2. The van der Waals surface area contributed by atoms with Crippen LogP contribution in [0.25, 0.3) is 0 Å². The highest BCUT2D eigenvalue weighted by Gasteiger charge is 2.50. The van der Waals surface area contributed by atoms with Crippen LogP contribution in [0, 0.1) is 15.9 Å². The Hall–Kier alpha value is -1.85. The van der Waals surface area contributed by atoms with Crippen molar-refractivity contribution in [3.63, 3.8) is 0 Å². The predicted molar refractivity (Wildman–Crippen MR) is 51.1 cm³/mol. The molecule has 1 fully saturated rings. The summed E-state index contributed by atoms with van der Waals surface area (Å²) in [6.07, 6.45) is 1.59. The fourth-order valence-electron chi connectivity index (χ4n) is 1.70. The summed E-state index contributed by atoms with van der Waals surface area (Å²) in [5.74, 6) is -1.09. The van der Waals surface area contributed by atoms with E-state index in [-0.39, 0.29) is 18.1 Å². The molecule has 0 amide bonds. The van der Waals surface area contributed by atoms with Gasteiger partial charge in [0.15, 0.2) is 5.75 Å². The molecule has 6 heteroatoms. The second-order valence-corrected chi connectivity index (χ2v) is 3.99. The largest absolute Gasteiger partial charge is 0.480 e. The second kappa shape index (κ2) is 2.84. The fourth-order valence-corrected chi connectivity index (χ4v) is 1.70. The molecule has 84 valence electrons. The number of fused-ring (bicyclic) bond motifs is 1. The number of nitro groups is 1. The Morgan fingerprint density at radius 2 is 2.38 bits per heavy atom. The Morgan fingerprint density at radius 1 is 1.62 bits per heavy atom. The first kappa shape index (κ1) is 8.32. The summed E-state index contributed by atoms with van der Waals surface area (Å²) in [5, 5.41) is 10.8. The molecular formula is C10H8FNO4. The van der Waals surface area contributed by atoms with Gasteiger partial charge in [-0.15, -0.1) is 0 Å². The van der Waals surface area contributed by atoms with Crippen molar-refractivity contribution in [1.29, 1.82) is 0 Å². The van der Waals surface area contributed by atoms with E-state index in [4.69, 9.17) is 10.8 Å². The fraction of sp³-hybridized carbons (Fsp3) is 0.400. The zero-order valence-electron chi connectivity index (χ0n) is 9.16. The molecule has 0 radical (unpaired) electrons. The highest BCUT2D eigenvalue weighted by atomic mass is 19.1. The van der Waals surface area contributed by atoms with Gasteiger partial charge in [-0.25, -0.2) is 4.39 Å². The van der Waals surface area contributed by atoms with E-state index in [9.17, 15) is 14.5 Å². The standard InChI is InChI=1S/C10H8FNO4/c11-6-3-7(12(13)14)9-8(4-6)16-10(1-2-10)5-15-9/h3-4H,1-2,5H2/i3D. The molecule has 1 heterocycles. The third-order valence-corrected chi connectivity index (χ3v) is 2.73. The minimum atomic E-state index is -0.975. The van der Waals surface area contributed by atoms with Crippen molar-refractivity contribution in [2.24, 2.45) is 0 Å². The molecule has 0 N–H and O–H groups in total. The van der Waals surface area contributed by atoms with Crippen LogP contribution in [0.5, 0.6) is 11.5 Å². The molecule has 16 heavy (non-hydrogen) atoms. The number of nitro benzene ring substituents is 1. The average Bonchev–Trinajstić information content (AvgIpc) is 3.00. The summed E-state index contributed by atoms with van der Waals surface area (Å²) in [6, 6.07) is 0.202. The highest BCUT2D eigenvalue weighted by Crippen LogP contribution is 2.50. The predicted octanol–water partition coefficient (Wildman–Crippen LogP) is 2.04. The molecule has 0 aromatic heterocycles. The summed E-state index contributed by atoms with van der Waals surface area (Å²) in [7, 11) is 0. The highest BCUT2D eigenvalue weighted by molar-refractivity contribution is 5.57. The topological polar surface area (TPSA) is 61.6 Å². The lowest BCUT2D eigenvalue weighted by Crippen LogP contribution is -2.31. The van der Waals surface area contributed by atoms with Gasteiger partial charge in [-0.05, 0) is 12.8 Å². The minimum absolute atomic E-state index is 0.0222. The third-order valence-electron chi connectivity index (χ3n) is 2.73. The third kappa shape index (κ3) is 1.30. The molecule has 3 rings (SSSR count). The lowest BCUT2D eigenvalue weighted by atomic mass is 10.2. The van der Waals surface area contributed by atoms with Crippen molar-refractivity contribution >= 4 is 5.69 Å². The Morgan fingerprint density at radius 3 is 3.00 bits per heavy atom. The van der Waals surface area contributed by atoms with E-state index >= 15 is 0 Å². The van der Waals surface area contributed by atoms with Crippen LogP contribution in [0.15, 0.2) is 12.1 Å². The Balaban J connectivity index is 2.16. The smallest absolute Gasteiger partial charge is 0.317 e. The van der Waals surface area contributed by atoms with Crippen molar-refractivity contribution in [3.05, 3.63) is 28.0 Å². The van der Waals surface area contributed by atoms with E-state index in [1.807, 2.05) is 0 Å². The number of halogens is 1. The summed E-state index contributed by atoms with van der Waals surface area (Å²) in [5.41, 5.74) is -1.10. The number of hydrogen-bond acceptors (Lipinski definition) is 4. The van der Waals surface area contributed by atoms with Crippen molar-refractivity contribution in [2.45, 2.75) is 18.4 Å². The number of rotatable bonds is 1. The zero-order valence-corrected chi connectivity index (χ0v) is 8.16. The first-order valence-electron chi connectivity index (χ1n) is 5.32. The van der Waals surface area contributed by atoms with E-state index in [0.717, 1.165) is 18.9 Å². The van der Waals surface area contributed by atoms with Crippen LogP contribution in [0.4, 0.5) is 10.1 Å². The van der Waals surface area contributed by atoms with E-state index in [1.54, 1.807) is 0 Å².